The van der Waals surface area contributed by atoms with Gasteiger partial charge in [-0.25, -0.2) is 0 Å². The van der Waals surface area contributed by atoms with Crippen molar-refractivity contribution < 1.29 is 23.1 Å². The molecule has 7 heteroatoms. The molecule has 0 atom stereocenters. The van der Waals surface area contributed by atoms with Gasteiger partial charge in [0, 0.05) is 17.6 Å². The normalized spacial score (nSPS) is 12.2. The SMILES string of the molecule is CC(C)N(CC(=O)O)Cc1cc(Cl)cc(C(F)(F)F)c1. The van der Waals surface area contributed by atoms with Gasteiger partial charge in [-0.05, 0) is 37.6 Å². The van der Waals surface area contributed by atoms with E-state index < -0.39 is 17.7 Å². The van der Waals surface area contributed by atoms with Crippen molar-refractivity contribution in [1.82, 2.24) is 4.90 Å². The lowest BCUT2D eigenvalue weighted by Gasteiger charge is -2.25. The standard InChI is InChI=1S/C13H15ClF3NO2/c1-8(2)18(7-12(19)20)6-9-3-10(13(15,16)17)5-11(14)4-9/h3-5,8H,6-7H2,1-2H3,(H,19,20). The molecule has 0 fully saturated rings. The minimum atomic E-state index is -4.48. The minimum absolute atomic E-state index is 0.0196. The molecule has 0 aliphatic heterocycles. The Bertz CT molecular complexity index is 489. The quantitative estimate of drug-likeness (QED) is 0.902. The van der Waals surface area contributed by atoms with E-state index in [-0.39, 0.29) is 24.2 Å². The predicted octanol–water partition coefficient (Wildman–Crippen LogP) is 3.65. The summed E-state index contributed by atoms with van der Waals surface area (Å²) < 4.78 is 38.1. The van der Waals surface area contributed by atoms with Crippen molar-refractivity contribution in [2.45, 2.75) is 32.6 Å². The second-order valence-electron chi connectivity index (χ2n) is 4.74. The van der Waals surface area contributed by atoms with Crippen LogP contribution < -0.4 is 0 Å². The fourth-order valence-electron chi connectivity index (χ4n) is 1.73. The third kappa shape index (κ3) is 5.02. The summed E-state index contributed by atoms with van der Waals surface area (Å²) in [6.45, 7) is 3.40. The molecule has 0 radical (unpaired) electrons. The van der Waals surface area contributed by atoms with Crippen LogP contribution in [-0.4, -0.2) is 28.6 Å². The number of carboxylic acid groups (broad SMARTS) is 1. The lowest BCUT2D eigenvalue weighted by molar-refractivity contribution is -0.139. The molecule has 1 rings (SSSR count). The molecular formula is C13H15ClF3NO2. The number of benzene rings is 1. The zero-order valence-electron chi connectivity index (χ0n) is 11.0. The number of nitrogens with zero attached hydrogens (tertiary/aromatic N) is 1. The molecule has 0 aromatic heterocycles. The van der Waals surface area contributed by atoms with Gasteiger partial charge in [0.05, 0.1) is 12.1 Å². The van der Waals surface area contributed by atoms with Crippen molar-refractivity contribution >= 4 is 17.6 Å². The van der Waals surface area contributed by atoms with Gasteiger partial charge in [0.15, 0.2) is 0 Å². The predicted molar refractivity (Wildman–Crippen MR) is 69.6 cm³/mol. The highest BCUT2D eigenvalue weighted by Gasteiger charge is 2.31. The van der Waals surface area contributed by atoms with E-state index >= 15 is 0 Å². The lowest BCUT2D eigenvalue weighted by atomic mass is 10.1. The van der Waals surface area contributed by atoms with Crippen LogP contribution in [0.1, 0.15) is 25.0 Å². The topological polar surface area (TPSA) is 40.5 Å². The lowest BCUT2D eigenvalue weighted by Crippen LogP contribution is -2.35. The number of aliphatic carboxylic acids is 1. The molecule has 20 heavy (non-hydrogen) atoms. The summed E-state index contributed by atoms with van der Waals surface area (Å²) in [5.41, 5.74) is -0.501. The molecule has 0 bridgehead atoms. The largest absolute Gasteiger partial charge is 0.480 e. The maximum atomic E-state index is 12.7. The first-order valence-corrected chi connectivity index (χ1v) is 6.30. The van der Waals surface area contributed by atoms with E-state index in [0.717, 1.165) is 12.1 Å². The number of hydrogen-bond acceptors (Lipinski definition) is 2. The molecule has 0 amide bonds. The van der Waals surface area contributed by atoms with E-state index in [4.69, 9.17) is 16.7 Å². The fraction of sp³-hybridized carbons (Fsp3) is 0.462. The third-order valence-corrected chi connectivity index (χ3v) is 2.96. The Morgan fingerprint density at radius 1 is 1.35 bits per heavy atom. The molecule has 0 heterocycles. The minimum Gasteiger partial charge on any atom is -0.480 e. The van der Waals surface area contributed by atoms with Crippen LogP contribution in [0.15, 0.2) is 18.2 Å². The number of halogens is 4. The summed E-state index contributed by atoms with van der Waals surface area (Å²) in [6, 6.07) is 3.14. The van der Waals surface area contributed by atoms with Gasteiger partial charge in [-0.15, -0.1) is 0 Å². The first-order valence-electron chi connectivity index (χ1n) is 5.92. The Morgan fingerprint density at radius 3 is 2.40 bits per heavy atom. The van der Waals surface area contributed by atoms with Crippen molar-refractivity contribution in [3.05, 3.63) is 34.3 Å². The highest BCUT2D eigenvalue weighted by Crippen LogP contribution is 2.32. The van der Waals surface area contributed by atoms with Gasteiger partial charge in [0.25, 0.3) is 0 Å². The van der Waals surface area contributed by atoms with E-state index in [1.165, 1.54) is 6.07 Å². The smallest absolute Gasteiger partial charge is 0.416 e. The number of hydrogen-bond donors (Lipinski definition) is 1. The first kappa shape index (κ1) is 16.8. The number of carbonyl (C=O) groups is 1. The van der Waals surface area contributed by atoms with Gasteiger partial charge >= 0.3 is 12.1 Å². The molecule has 0 saturated heterocycles. The highest BCUT2D eigenvalue weighted by atomic mass is 35.5. The van der Waals surface area contributed by atoms with Crippen LogP contribution in [0, 0.1) is 0 Å². The van der Waals surface area contributed by atoms with Gasteiger partial charge in [-0.2, -0.15) is 13.2 Å². The summed E-state index contributed by atoms with van der Waals surface area (Å²) in [7, 11) is 0. The molecule has 0 saturated carbocycles. The summed E-state index contributed by atoms with van der Waals surface area (Å²) >= 11 is 5.69. The fourth-order valence-corrected chi connectivity index (χ4v) is 1.99. The van der Waals surface area contributed by atoms with Crippen LogP contribution in [0.3, 0.4) is 0 Å². The van der Waals surface area contributed by atoms with E-state index in [0.29, 0.717) is 5.56 Å². The average Bonchev–Trinajstić information content (AvgIpc) is 2.25. The van der Waals surface area contributed by atoms with Crippen molar-refractivity contribution in [2.24, 2.45) is 0 Å². The van der Waals surface area contributed by atoms with Crippen LogP contribution in [0.25, 0.3) is 0 Å². The molecule has 3 nitrogen and oxygen atoms in total. The molecule has 0 unspecified atom stereocenters. The van der Waals surface area contributed by atoms with E-state index in [9.17, 15) is 18.0 Å². The monoisotopic (exact) mass is 309 g/mol. The second-order valence-corrected chi connectivity index (χ2v) is 5.17. The van der Waals surface area contributed by atoms with Crippen LogP contribution in [0.2, 0.25) is 5.02 Å². The second kappa shape index (κ2) is 6.45. The zero-order valence-corrected chi connectivity index (χ0v) is 11.8. The van der Waals surface area contributed by atoms with E-state index in [1.54, 1.807) is 18.7 Å². The van der Waals surface area contributed by atoms with Crippen molar-refractivity contribution in [2.75, 3.05) is 6.54 Å². The average molecular weight is 310 g/mol. The molecule has 0 spiro atoms. The van der Waals surface area contributed by atoms with E-state index in [1.807, 2.05) is 0 Å². The van der Waals surface area contributed by atoms with Crippen LogP contribution in [0.5, 0.6) is 0 Å². The summed E-state index contributed by atoms with van der Waals surface area (Å²) in [4.78, 5) is 12.3. The Morgan fingerprint density at radius 2 is 1.95 bits per heavy atom. The van der Waals surface area contributed by atoms with Gasteiger partial charge in [0.2, 0.25) is 0 Å². The van der Waals surface area contributed by atoms with Gasteiger partial charge in [-0.3, -0.25) is 9.69 Å². The Labute approximate surface area is 120 Å². The molecule has 1 aromatic rings. The number of alkyl halides is 3. The summed E-state index contributed by atoms with van der Waals surface area (Å²) in [6.07, 6.45) is -4.48. The van der Waals surface area contributed by atoms with Gasteiger partial charge < -0.3 is 5.11 Å². The van der Waals surface area contributed by atoms with Crippen molar-refractivity contribution in [3.63, 3.8) is 0 Å². The molecular weight excluding hydrogens is 295 g/mol. The molecule has 1 aromatic carbocycles. The van der Waals surface area contributed by atoms with Crippen molar-refractivity contribution in [1.29, 1.82) is 0 Å². The molecule has 112 valence electrons. The van der Waals surface area contributed by atoms with Gasteiger partial charge in [-0.1, -0.05) is 11.6 Å². The van der Waals surface area contributed by atoms with Crippen LogP contribution in [-0.2, 0) is 17.5 Å². The Balaban J connectivity index is 3.01. The third-order valence-electron chi connectivity index (χ3n) is 2.74. The molecule has 1 N–H and O–H groups in total. The van der Waals surface area contributed by atoms with Crippen LogP contribution in [0.4, 0.5) is 13.2 Å². The first-order chi connectivity index (χ1) is 9.09. The highest BCUT2D eigenvalue weighted by molar-refractivity contribution is 6.30. The Kier molecular flexibility index (Phi) is 5.42. The van der Waals surface area contributed by atoms with Gasteiger partial charge in [0.1, 0.15) is 0 Å². The maximum absolute atomic E-state index is 12.7. The number of carboxylic acids is 1. The molecule has 0 aliphatic carbocycles. The van der Waals surface area contributed by atoms with Crippen LogP contribution >= 0.6 is 11.6 Å². The van der Waals surface area contributed by atoms with E-state index in [2.05, 4.69) is 0 Å². The zero-order chi connectivity index (χ0) is 15.5. The van der Waals surface area contributed by atoms with Crippen molar-refractivity contribution in [3.8, 4) is 0 Å². The number of rotatable bonds is 5. The Hall–Kier alpha value is -1.27. The summed E-state index contributed by atoms with van der Waals surface area (Å²) in [5, 5.41) is 8.78. The maximum Gasteiger partial charge on any atom is 0.416 e. The molecule has 0 aliphatic rings. The summed E-state index contributed by atoms with van der Waals surface area (Å²) in [5.74, 6) is -1.03.